The number of thiazole rings is 1. The molecule has 5 nitrogen and oxygen atoms in total. The van der Waals surface area contributed by atoms with Gasteiger partial charge in [-0.25, -0.2) is 9.97 Å². The van der Waals surface area contributed by atoms with E-state index in [1.807, 2.05) is 36.6 Å². The molecule has 2 N–H and O–H groups in total. The summed E-state index contributed by atoms with van der Waals surface area (Å²) in [6.07, 6.45) is 0. The zero-order valence-electron chi connectivity index (χ0n) is 9.60. The number of imidazole rings is 1. The van der Waals surface area contributed by atoms with Crippen molar-refractivity contribution in [3.63, 3.8) is 0 Å². The molecule has 0 aliphatic rings. The smallest absolute Gasteiger partial charge is 0.293 e. The van der Waals surface area contributed by atoms with Gasteiger partial charge in [0.05, 0.1) is 16.7 Å². The third kappa shape index (κ3) is 1.98. The monoisotopic (exact) mass is 258 g/mol. The normalized spacial score (nSPS) is 10.7. The van der Waals surface area contributed by atoms with Gasteiger partial charge in [-0.15, -0.1) is 11.3 Å². The molecule has 2 aromatic heterocycles. The fourth-order valence-electron chi connectivity index (χ4n) is 1.63. The molecule has 0 radical (unpaired) electrons. The number of fused-ring (bicyclic) bond motifs is 1. The molecule has 90 valence electrons. The van der Waals surface area contributed by atoms with E-state index in [1.54, 1.807) is 0 Å². The van der Waals surface area contributed by atoms with E-state index in [2.05, 4.69) is 20.3 Å². The highest BCUT2D eigenvalue weighted by molar-refractivity contribution is 7.13. The van der Waals surface area contributed by atoms with Crippen molar-refractivity contribution in [3.05, 3.63) is 41.2 Å². The van der Waals surface area contributed by atoms with E-state index in [9.17, 15) is 4.79 Å². The van der Waals surface area contributed by atoms with E-state index in [1.165, 1.54) is 11.3 Å². The predicted octanol–water partition coefficient (Wildman–Crippen LogP) is 2.58. The van der Waals surface area contributed by atoms with Crippen LogP contribution in [-0.4, -0.2) is 20.9 Å². The van der Waals surface area contributed by atoms with Gasteiger partial charge in [0.2, 0.25) is 0 Å². The van der Waals surface area contributed by atoms with E-state index in [0.717, 1.165) is 16.7 Å². The fraction of sp³-hybridized carbons (Fsp3) is 0.0833. The molecule has 2 heterocycles. The molecule has 0 saturated heterocycles. The van der Waals surface area contributed by atoms with Gasteiger partial charge in [0.1, 0.15) is 0 Å². The number of nitrogens with one attached hydrogen (secondary N) is 2. The van der Waals surface area contributed by atoms with Crippen molar-refractivity contribution in [1.82, 2.24) is 15.0 Å². The number of carbonyl (C=O) groups is 1. The van der Waals surface area contributed by atoms with Gasteiger partial charge in [0, 0.05) is 5.38 Å². The number of nitrogens with zero attached hydrogens (tertiary/aromatic N) is 2. The number of para-hydroxylation sites is 2. The summed E-state index contributed by atoms with van der Waals surface area (Å²) in [7, 11) is 0. The number of aromatic nitrogens is 3. The number of rotatable bonds is 2. The average molecular weight is 258 g/mol. The van der Waals surface area contributed by atoms with E-state index < -0.39 is 0 Å². The van der Waals surface area contributed by atoms with Crippen LogP contribution in [0.3, 0.4) is 0 Å². The maximum absolute atomic E-state index is 12.0. The van der Waals surface area contributed by atoms with Gasteiger partial charge < -0.3 is 4.98 Å². The van der Waals surface area contributed by atoms with E-state index in [0.29, 0.717) is 11.0 Å². The molecule has 1 amide bonds. The zero-order chi connectivity index (χ0) is 12.5. The Bertz CT molecular complexity index is 683. The van der Waals surface area contributed by atoms with Crippen LogP contribution in [0.4, 0.5) is 5.13 Å². The summed E-state index contributed by atoms with van der Waals surface area (Å²) >= 11 is 1.39. The first kappa shape index (κ1) is 10.9. The molecule has 0 spiro atoms. The van der Waals surface area contributed by atoms with Gasteiger partial charge in [-0.3, -0.25) is 10.1 Å². The molecule has 1 aromatic carbocycles. The Labute approximate surface area is 107 Å². The summed E-state index contributed by atoms with van der Waals surface area (Å²) < 4.78 is 0. The Morgan fingerprint density at radius 2 is 2.17 bits per heavy atom. The summed E-state index contributed by atoms with van der Waals surface area (Å²) in [5, 5.41) is 5.18. The standard InChI is InChI=1S/C12H10N4OS/c1-7-6-18-12(13-7)16-11(17)10-14-8-4-2-3-5-9(8)15-10/h2-6H,1H3,(H,14,15)(H,13,16,17). The molecule has 18 heavy (non-hydrogen) atoms. The van der Waals surface area contributed by atoms with Gasteiger partial charge >= 0.3 is 0 Å². The van der Waals surface area contributed by atoms with Crippen molar-refractivity contribution in [2.45, 2.75) is 6.92 Å². The van der Waals surface area contributed by atoms with Crippen LogP contribution in [0.15, 0.2) is 29.6 Å². The first-order valence-corrected chi connectivity index (χ1v) is 6.28. The molecule has 3 rings (SSSR count). The van der Waals surface area contributed by atoms with Crippen LogP contribution in [0, 0.1) is 6.92 Å². The quantitative estimate of drug-likeness (QED) is 0.742. The second-order valence-electron chi connectivity index (χ2n) is 3.85. The molecule has 3 aromatic rings. The van der Waals surface area contributed by atoms with Crippen molar-refractivity contribution in [2.24, 2.45) is 0 Å². The first-order chi connectivity index (χ1) is 8.72. The van der Waals surface area contributed by atoms with Crippen LogP contribution in [0.5, 0.6) is 0 Å². The second-order valence-corrected chi connectivity index (χ2v) is 4.71. The third-order valence-corrected chi connectivity index (χ3v) is 3.32. The molecule has 6 heteroatoms. The lowest BCUT2D eigenvalue weighted by Crippen LogP contribution is -2.13. The number of hydrogen-bond acceptors (Lipinski definition) is 4. The summed E-state index contributed by atoms with van der Waals surface area (Å²) in [5.74, 6) is 0.0182. The highest BCUT2D eigenvalue weighted by atomic mass is 32.1. The molecule has 0 aliphatic carbocycles. The minimum absolute atomic E-state index is 0.277. The van der Waals surface area contributed by atoms with Crippen molar-refractivity contribution >= 4 is 33.4 Å². The van der Waals surface area contributed by atoms with Crippen molar-refractivity contribution in [2.75, 3.05) is 5.32 Å². The van der Waals surface area contributed by atoms with Crippen LogP contribution < -0.4 is 5.32 Å². The van der Waals surface area contributed by atoms with E-state index >= 15 is 0 Å². The topological polar surface area (TPSA) is 70.7 Å². The number of hydrogen-bond donors (Lipinski definition) is 2. The number of aromatic amines is 1. The lowest BCUT2D eigenvalue weighted by Gasteiger charge is -1.96. The lowest BCUT2D eigenvalue weighted by molar-refractivity contribution is 0.101. The van der Waals surface area contributed by atoms with E-state index in [4.69, 9.17) is 0 Å². The molecular weight excluding hydrogens is 248 g/mol. The summed E-state index contributed by atoms with van der Waals surface area (Å²) in [6.45, 7) is 1.88. The second kappa shape index (κ2) is 4.23. The predicted molar refractivity (Wildman–Crippen MR) is 70.9 cm³/mol. The molecule has 0 fully saturated rings. The molecule has 0 atom stereocenters. The average Bonchev–Trinajstić information content (AvgIpc) is 2.95. The fourth-order valence-corrected chi connectivity index (χ4v) is 2.31. The van der Waals surface area contributed by atoms with Crippen LogP contribution in [-0.2, 0) is 0 Å². The number of amides is 1. The Balaban J connectivity index is 1.87. The maximum Gasteiger partial charge on any atom is 0.293 e. The van der Waals surface area contributed by atoms with Crippen LogP contribution in [0.1, 0.15) is 16.3 Å². The minimum atomic E-state index is -0.277. The number of aryl methyl sites for hydroxylation is 1. The number of H-pyrrole nitrogens is 1. The Hall–Kier alpha value is -2.21. The maximum atomic E-state index is 12.0. The minimum Gasteiger partial charge on any atom is -0.334 e. The summed E-state index contributed by atoms with van der Waals surface area (Å²) in [4.78, 5) is 23.3. The SMILES string of the molecule is Cc1csc(NC(=O)c2nc3ccccc3[nH]2)n1. The Morgan fingerprint density at radius 3 is 2.89 bits per heavy atom. The molecule has 0 saturated carbocycles. The number of anilines is 1. The zero-order valence-corrected chi connectivity index (χ0v) is 10.4. The summed E-state index contributed by atoms with van der Waals surface area (Å²) in [5.41, 5.74) is 2.51. The van der Waals surface area contributed by atoms with Gasteiger partial charge in [0.25, 0.3) is 5.91 Å². The lowest BCUT2D eigenvalue weighted by atomic mass is 10.3. The van der Waals surface area contributed by atoms with Crippen LogP contribution in [0.2, 0.25) is 0 Å². The molecule has 0 bridgehead atoms. The van der Waals surface area contributed by atoms with Crippen molar-refractivity contribution in [1.29, 1.82) is 0 Å². The third-order valence-electron chi connectivity index (χ3n) is 2.44. The van der Waals surface area contributed by atoms with Gasteiger partial charge in [0.15, 0.2) is 11.0 Å². The van der Waals surface area contributed by atoms with Gasteiger partial charge in [-0.05, 0) is 19.1 Å². The van der Waals surface area contributed by atoms with Gasteiger partial charge in [-0.2, -0.15) is 0 Å². The van der Waals surface area contributed by atoms with Crippen LogP contribution >= 0.6 is 11.3 Å². The molecule has 0 aliphatic heterocycles. The summed E-state index contributed by atoms with van der Waals surface area (Å²) in [6, 6.07) is 7.52. The highest BCUT2D eigenvalue weighted by Gasteiger charge is 2.12. The largest absolute Gasteiger partial charge is 0.334 e. The molecule has 0 unspecified atom stereocenters. The van der Waals surface area contributed by atoms with E-state index in [-0.39, 0.29) is 5.91 Å². The van der Waals surface area contributed by atoms with Gasteiger partial charge in [-0.1, -0.05) is 12.1 Å². The number of carbonyl (C=O) groups excluding carboxylic acids is 1. The number of benzene rings is 1. The molecular formula is C12H10N4OS. The Morgan fingerprint density at radius 1 is 1.33 bits per heavy atom. The van der Waals surface area contributed by atoms with Crippen LogP contribution in [0.25, 0.3) is 11.0 Å². The highest BCUT2D eigenvalue weighted by Crippen LogP contribution is 2.16. The van der Waals surface area contributed by atoms with Crippen molar-refractivity contribution in [3.8, 4) is 0 Å². The van der Waals surface area contributed by atoms with Crippen molar-refractivity contribution < 1.29 is 4.79 Å². The Kier molecular flexibility index (Phi) is 2.56. The first-order valence-electron chi connectivity index (χ1n) is 5.40.